The van der Waals surface area contributed by atoms with E-state index in [4.69, 9.17) is 5.73 Å². The number of hydrogen-bond donors (Lipinski definition) is 2. The molecule has 0 radical (unpaired) electrons. The van der Waals surface area contributed by atoms with E-state index in [9.17, 15) is 9.18 Å². The molecule has 1 amide bonds. The lowest BCUT2D eigenvalue weighted by molar-refractivity contribution is -0.119. The van der Waals surface area contributed by atoms with E-state index in [1.54, 1.807) is 0 Å². The van der Waals surface area contributed by atoms with Gasteiger partial charge in [0.05, 0.1) is 13.2 Å². The molecule has 0 aliphatic carbocycles. The van der Waals surface area contributed by atoms with Gasteiger partial charge < -0.3 is 11.1 Å². The van der Waals surface area contributed by atoms with E-state index in [2.05, 4.69) is 5.32 Å². The molecular weight excluding hydrogens is 123 g/mol. The van der Waals surface area contributed by atoms with Crippen LogP contribution < -0.4 is 11.1 Å². The van der Waals surface area contributed by atoms with E-state index in [-0.39, 0.29) is 12.5 Å². The second kappa shape index (κ2) is 5.50. The van der Waals surface area contributed by atoms with Gasteiger partial charge in [-0.1, -0.05) is 0 Å². The first kappa shape index (κ1) is 8.36. The van der Waals surface area contributed by atoms with Gasteiger partial charge >= 0.3 is 0 Å². The Morgan fingerprint density at radius 1 is 1.67 bits per heavy atom. The number of carbonyl (C=O) groups is 1. The van der Waals surface area contributed by atoms with Gasteiger partial charge in [-0.25, -0.2) is 0 Å². The zero-order valence-corrected chi connectivity index (χ0v) is 5.19. The predicted molar refractivity (Wildman–Crippen MR) is 32.7 cm³/mol. The smallest absolute Gasteiger partial charge is 0.233 e. The minimum atomic E-state index is -0.398. The second-order valence-electron chi connectivity index (χ2n) is 1.60. The molecule has 0 aromatic rings. The Morgan fingerprint density at radius 2 is 2.33 bits per heavy atom. The first-order chi connectivity index (χ1) is 4.31. The van der Waals surface area contributed by atoms with E-state index in [0.29, 0.717) is 13.0 Å². The molecule has 4 heteroatoms. The summed E-state index contributed by atoms with van der Waals surface area (Å²) in [5.74, 6) is -0.233. The maximum Gasteiger partial charge on any atom is 0.233 e. The van der Waals surface area contributed by atoms with Crippen LogP contribution in [0.25, 0.3) is 0 Å². The van der Waals surface area contributed by atoms with Crippen molar-refractivity contribution in [3.8, 4) is 0 Å². The minimum absolute atomic E-state index is 0.0215. The maximum absolute atomic E-state index is 11.4. The Hall–Kier alpha value is -0.640. The minimum Gasteiger partial charge on any atom is -0.355 e. The van der Waals surface area contributed by atoms with Crippen molar-refractivity contribution in [1.82, 2.24) is 5.32 Å². The molecule has 0 aromatic heterocycles. The quantitative estimate of drug-likeness (QED) is 0.505. The van der Waals surface area contributed by atoms with Gasteiger partial charge in [0.2, 0.25) is 5.91 Å². The second-order valence-corrected chi connectivity index (χ2v) is 1.60. The van der Waals surface area contributed by atoms with Crippen molar-refractivity contribution in [3.63, 3.8) is 0 Å². The third-order valence-electron chi connectivity index (χ3n) is 0.818. The Bertz CT molecular complexity index is 87.0. The van der Waals surface area contributed by atoms with Crippen LogP contribution in [0.15, 0.2) is 0 Å². The molecule has 0 atom stereocenters. The van der Waals surface area contributed by atoms with Crippen LogP contribution in [0.4, 0.5) is 4.39 Å². The van der Waals surface area contributed by atoms with Crippen LogP contribution in [-0.4, -0.2) is 25.7 Å². The van der Waals surface area contributed by atoms with Gasteiger partial charge in [-0.15, -0.1) is 0 Å². The van der Waals surface area contributed by atoms with Crippen LogP contribution in [0.5, 0.6) is 0 Å². The molecule has 54 valence electrons. The summed E-state index contributed by atoms with van der Waals surface area (Å²) >= 11 is 0. The van der Waals surface area contributed by atoms with Crippen molar-refractivity contribution in [2.45, 2.75) is 6.42 Å². The largest absolute Gasteiger partial charge is 0.355 e. The van der Waals surface area contributed by atoms with Crippen LogP contribution >= 0.6 is 0 Å². The number of nitrogens with two attached hydrogens (primary N) is 1. The third kappa shape index (κ3) is 5.23. The van der Waals surface area contributed by atoms with Crippen LogP contribution in [0.1, 0.15) is 6.42 Å². The van der Waals surface area contributed by atoms with E-state index < -0.39 is 6.67 Å². The standard InChI is InChI=1S/C5H11FN2O/c6-2-1-3-8-5(9)4-7/h1-4,7H2,(H,8,9). The fraction of sp³-hybridized carbons (Fsp3) is 0.800. The number of carbonyl (C=O) groups excluding carboxylic acids is 1. The molecule has 0 bridgehead atoms. The SMILES string of the molecule is NCC(=O)NCCCF. The summed E-state index contributed by atoms with van der Waals surface area (Å²) in [6.45, 7) is -0.0380. The van der Waals surface area contributed by atoms with Gasteiger partial charge in [0, 0.05) is 6.54 Å². The van der Waals surface area contributed by atoms with Gasteiger partial charge in [0.25, 0.3) is 0 Å². The topological polar surface area (TPSA) is 55.1 Å². The summed E-state index contributed by atoms with van der Waals surface area (Å²) in [6.07, 6.45) is 0.367. The van der Waals surface area contributed by atoms with E-state index in [0.717, 1.165) is 0 Å². The number of hydrogen-bond acceptors (Lipinski definition) is 2. The molecule has 0 unspecified atom stereocenters. The van der Waals surface area contributed by atoms with Gasteiger partial charge in [0.15, 0.2) is 0 Å². The molecule has 9 heavy (non-hydrogen) atoms. The molecule has 0 aliphatic rings. The summed E-state index contributed by atoms with van der Waals surface area (Å²) in [4.78, 5) is 10.3. The molecule has 0 saturated carbocycles. The molecule has 0 saturated heterocycles. The molecule has 0 heterocycles. The lowest BCUT2D eigenvalue weighted by Gasteiger charge is -1.98. The maximum atomic E-state index is 11.4. The highest BCUT2D eigenvalue weighted by Gasteiger charge is 1.93. The third-order valence-corrected chi connectivity index (χ3v) is 0.818. The molecule has 0 fully saturated rings. The van der Waals surface area contributed by atoms with Gasteiger partial charge in [-0.05, 0) is 6.42 Å². The number of amides is 1. The van der Waals surface area contributed by atoms with Crippen molar-refractivity contribution >= 4 is 5.91 Å². The molecule has 0 spiro atoms. The van der Waals surface area contributed by atoms with Crippen molar-refractivity contribution in [3.05, 3.63) is 0 Å². The van der Waals surface area contributed by atoms with Crippen LogP contribution in [0, 0.1) is 0 Å². The Labute approximate surface area is 53.4 Å². The lowest BCUT2D eigenvalue weighted by atomic mass is 10.4. The average Bonchev–Trinajstić information content (AvgIpc) is 1.89. The molecule has 0 rings (SSSR count). The summed E-state index contributed by atoms with van der Waals surface area (Å²) in [5.41, 5.74) is 4.95. The monoisotopic (exact) mass is 134 g/mol. The first-order valence-electron chi connectivity index (χ1n) is 2.84. The van der Waals surface area contributed by atoms with E-state index >= 15 is 0 Å². The van der Waals surface area contributed by atoms with Crippen molar-refractivity contribution in [1.29, 1.82) is 0 Å². The highest BCUT2D eigenvalue weighted by Crippen LogP contribution is 1.75. The summed E-state index contributed by atoms with van der Waals surface area (Å²) < 4.78 is 11.4. The molecule has 3 N–H and O–H groups in total. The Morgan fingerprint density at radius 3 is 2.78 bits per heavy atom. The fourth-order valence-electron chi connectivity index (χ4n) is 0.367. The number of alkyl halides is 1. The Balaban J connectivity index is 2.97. The number of halogens is 1. The zero-order valence-electron chi connectivity index (χ0n) is 5.19. The van der Waals surface area contributed by atoms with Crippen molar-refractivity contribution in [2.24, 2.45) is 5.73 Å². The van der Waals surface area contributed by atoms with Crippen LogP contribution in [-0.2, 0) is 4.79 Å². The number of rotatable bonds is 4. The lowest BCUT2D eigenvalue weighted by Crippen LogP contribution is -2.31. The fourth-order valence-corrected chi connectivity index (χ4v) is 0.367. The van der Waals surface area contributed by atoms with E-state index in [1.807, 2.05) is 0 Å². The average molecular weight is 134 g/mol. The van der Waals surface area contributed by atoms with Gasteiger partial charge in [0.1, 0.15) is 0 Å². The highest BCUT2D eigenvalue weighted by atomic mass is 19.1. The summed E-state index contributed by atoms with van der Waals surface area (Å²) in [7, 11) is 0. The first-order valence-corrected chi connectivity index (χ1v) is 2.84. The zero-order chi connectivity index (χ0) is 7.11. The van der Waals surface area contributed by atoms with Crippen molar-refractivity contribution < 1.29 is 9.18 Å². The molecule has 3 nitrogen and oxygen atoms in total. The van der Waals surface area contributed by atoms with Gasteiger partial charge in [-0.2, -0.15) is 0 Å². The Kier molecular flexibility index (Phi) is 5.11. The van der Waals surface area contributed by atoms with Crippen LogP contribution in [0.2, 0.25) is 0 Å². The van der Waals surface area contributed by atoms with E-state index in [1.165, 1.54) is 0 Å². The molecular formula is C5H11FN2O. The molecule has 0 aromatic carbocycles. The van der Waals surface area contributed by atoms with Gasteiger partial charge in [-0.3, -0.25) is 9.18 Å². The molecule has 0 aliphatic heterocycles. The summed E-state index contributed by atoms with van der Waals surface area (Å²) in [5, 5.41) is 2.43. The predicted octanol–water partition coefficient (Wildman–Crippen LogP) is -0.579. The normalized spacial score (nSPS) is 9.11. The highest BCUT2D eigenvalue weighted by molar-refractivity contribution is 5.77. The van der Waals surface area contributed by atoms with Crippen LogP contribution in [0.3, 0.4) is 0 Å². The van der Waals surface area contributed by atoms with Crippen molar-refractivity contribution in [2.75, 3.05) is 19.8 Å². The number of nitrogens with one attached hydrogen (secondary N) is 1. The summed E-state index contributed by atoms with van der Waals surface area (Å²) in [6, 6.07) is 0.